The summed E-state index contributed by atoms with van der Waals surface area (Å²) in [5, 5.41) is 0. The molecule has 2 aliphatic carbocycles. The zero-order chi connectivity index (χ0) is 15.0. The summed E-state index contributed by atoms with van der Waals surface area (Å²) in [6.45, 7) is 9.63. The fourth-order valence-electron chi connectivity index (χ4n) is 5.14. The minimum absolute atomic E-state index is 0.478. The zero-order valence-electron chi connectivity index (χ0n) is 14.4. The highest BCUT2D eigenvalue weighted by Crippen LogP contribution is 2.55. The van der Waals surface area contributed by atoms with E-state index in [0.717, 1.165) is 11.8 Å². The van der Waals surface area contributed by atoms with Crippen molar-refractivity contribution in [2.75, 3.05) is 14.2 Å². The molecule has 0 aromatic heterocycles. The lowest BCUT2D eigenvalue weighted by atomic mass is 9.83. The molecule has 0 aromatic rings. The molecule has 0 aliphatic heterocycles. The van der Waals surface area contributed by atoms with Crippen LogP contribution in [0.5, 0.6) is 0 Å². The van der Waals surface area contributed by atoms with Crippen molar-refractivity contribution >= 4 is 8.56 Å². The maximum Gasteiger partial charge on any atom is 0.344 e. The van der Waals surface area contributed by atoms with Crippen molar-refractivity contribution in [2.24, 2.45) is 17.3 Å². The van der Waals surface area contributed by atoms with Crippen molar-refractivity contribution in [1.82, 2.24) is 0 Å². The Morgan fingerprint density at radius 3 is 1.85 bits per heavy atom. The molecule has 0 spiro atoms. The third kappa shape index (κ3) is 3.15. The van der Waals surface area contributed by atoms with Gasteiger partial charge in [0.05, 0.1) is 0 Å². The van der Waals surface area contributed by atoms with Crippen LogP contribution in [-0.4, -0.2) is 22.8 Å². The fourth-order valence-corrected chi connectivity index (χ4v) is 10.2. The maximum absolute atomic E-state index is 6.22. The molecule has 0 radical (unpaired) electrons. The standard InChI is InChI=1S/C17H34O2Si/c1-13-9-14(2)11-16(10-13)20(18-5,19-6)15-7-8-17(3,4)12-15/h13-16H,7-12H2,1-6H3. The van der Waals surface area contributed by atoms with Gasteiger partial charge in [-0.15, -0.1) is 0 Å². The minimum atomic E-state index is -2.08. The van der Waals surface area contributed by atoms with Gasteiger partial charge in [-0.25, -0.2) is 0 Å². The first-order chi connectivity index (χ1) is 9.33. The van der Waals surface area contributed by atoms with Gasteiger partial charge in [-0.2, -0.15) is 0 Å². The molecule has 0 N–H and O–H groups in total. The lowest BCUT2D eigenvalue weighted by molar-refractivity contribution is 0.179. The van der Waals surface area contributed by atoms with Crippen LogP contribution in [0.1, 0.15) is 66.2 Å². The normalized spacial score (nSPS) is 38.1. The molecule has 3 unspecified atom stereocenters. The second-order valence-electron chi connectivity index (χ2n) is 8.35. The van der Waals surface area contributed by atoms with Gasteiger partial charge in [0.15, 0.2) is 0 Å². The average Bonchev–Trinajstić information content (AvgIpc) is 2.71. The van der Waals surface area contributed by atoms with Crippen molar-refractivity contribution in [1.29, 1.82) is 0 Å². The summed E-state index contributed by atoms with van der Waals surface area (Å²) in [7, 11) is 1.76. The molecule has 0 heterocycles. The van der Waals surface area contributed by atoms with E-state index in [1.165, 1.54) is 38.5 Å². The van der Waals surface area contributed by atoms with Crippen LogP contribution in [0.4, 0.5) is 0 Å². The first-order valence-corrected chi connectivity index (χ1v) is 10.4. The van der Waals surface area contributed by atoms with Gasteiger partial charge in [-0.3, -0.25) is 0 Å². The van der Waals surface area contributed by atoms with Gasteiger partial charge < -0.3 is 8.85 Å². The summed E-state index contributed by atoms with van der Waals surface area (Å²) < 4.78 is 12.4. The Morgan fingerprint density at radius 2 is 1.45 bits per heavy atom. The van der Waals surface area contributed by atoms with Crippen molar-refractivity contribution in [2.45, 2.75) is 77.3 Å². The molecular formula is C17H34O2Si. The zero-order valence-corrected chi connectivity index (χ0v) is 15.4. The Morgan fingerprint density at radius 1 is 0.900 bits per heavy atom. The third-order valence-corrected chi connectivity index (χ3v) is 10.4. The van der Waals surface area contributed by atoms with Crippen molar-refractivity contribution in [3.8, 4) is 0 Å². The van der Waals surface area contributed by atoms with E-state index in [2.05, 4.69) is 27.7 Å². The predicted octanol–water partition coefficient (Wildman–Crippen LogP) is 5.13. The van der Waals surface area contributed by atoms with Crippen molar-refractivity contribution < 1.29 is 8.85 Å². The SMILES string of the molecule is CO[Si](OC)(C1CC(C)CC(C)C1)C1CCC(C)(C)C1. The van der Waals surface area contributed by atoms with Crippen LogP contribution < -0.4 is 0 Å². The molecule has 0 amide bonds. The molecular weight excluding hydrogens is 264 g/mol. The fraction of sp³-hybridized carbons (Fsp3) is 1.00. The first kappa shape index (κ1) is 16.5. The molecule has 3 heteroatoms. The number of hydrogen-bond acceptors (Lipinski definition) is 2. The minimum Gasteiger partial charge on any atom is -0.397 e. The lowest BCUT2D eigenvalue weighted by Crippen LogP contribution is -2.51. The Labute approximate surface area is 126 Å². The molecule has 2 saturated carbocycles. The molecule has 3 atom stereocenters. The van der Waals surface area contributed by atoms with E-state index in [9.17, 15) is 0 Å². The Kier molecular flexibility index (Phi) is 5.03. The average molecular weight is 299 g/mol. The van der Waals surface area contributed by atoms with E-state index in [4.69, 9.17) is 8.85 Å². The van der Waals surface area contributed by atoms with Crippen molar-refractivity contribution in [3.05, 3.63) is 0 Å². The van der Waals surface area contributed by atoms with E-state index >= 15 is 0 Å². The Hall–Kier alpha value is 0.137. The molecule has 0 aromatic carbocycles. The van der Waals surface area contributed by atoms with E-state index in [1.807, 2.05) is 14.2 Å². The number of hydrogen-bond donors (Lipinski definition) is 0. The molecule has 2 rings (SSSR count). The van der Waals surface area contributed by atoms with E-state index in [1.54, 1.807) is 0 Å². The van der Waals surface area contributed by atoms with Gasteiger partial charge in [0.25, 0.3) is 0 Å². The Bertz CT molecular complexity index is 315. The summed E-state index contributed by atoms with van der Waals surface area (Å²) in [4.78, 5) is 0. The largest absolute Gasteiger partial charge is 0.397 e. The molecule has 0 saturated heterocycles. The van der Waals surface area contributed by atoms with Gasteiger partial charge in [0.1, 0.15) is 0 Å². The van der Waals surface area contributed by atoms with Gasteiger partial charge >= 0.3 is 8.56 Å². The van der Waals surface area contributed by atoms with E-state index in [0.29, 0.717) is 16.5 Å². The van der Waals surface area contributed by atoms with Crippen molar-refractivity contribution in [3.63, 3.8) is 0 Å². The third-order valence-electron chi connectivity index (χ3n) is 5.92. The molecule has 0 bridgehead atoms. The van der Waals surface area contributed by atoms with Gasteiger partial charge in [0.2, 0.25) is 0 Å². The predicted molar refractivity (Wildman–Crippen MR) is 87.1 cm³/mol. The number of rotatable bonds is 4. The highest BCUT2D eigenvalue weighted by molar-refractivity contribution is 6.70. The molecule has 118 valence electrons. The maximum atomic E-state index is 6.22. The summed E-state index contributed by atoms with van der Waals surface area (Å²) >= 11 is 0. The topological polar surface area (TPSA) is 18.5 Å². The first-order valence-electron chi connectivity index (χ1n) is 8.43. The van der Waals surface area contributed by atoms with Gasteiger partial charge in [-0.05, 0) is 55.8 Å². The van der Waals surface area contributed by atoms with Crippen LogP contribution in [0.2, 0.25) is 11.1 Å². The smallest absolute Gasteiger partial charge is 0.344 e. The van der Waals surface area contributed by atoms with Crippen LogP contribution >= 0.6 is 0 Å². The van der Waals surface area contributed by atoms with Gasteiger partial charge in [-0.1, -0.05) is 27.7 Å². The highest BCUT2D eigenvalue weighted by Gasteiger charge is 2.55. The quantitative estimate of drug-likeness (QED) is 0.670. The highest BCUT2D eigenvalue weighted by atomic mass is 28.4. The van der Waals surface area contributed by atoms with E-state index < -0.39 is 8.56 Å². The molecule has 2 fully saturated rings. The van der Waals surface area contributed by atoms with E-state index in [-0.39, 0.29) is 0 Å². The van der Waals surface area contributed by atoms with Crippen LogP contribution in [0.3, 0.4) is 0 Å². The molecule has 20 heavy (non-hydrogen) atoms. The summed E-state index contributed by atoms with van der Waals surface area (Å²) in [5.41, 5.74) is 1.86. The second kappa shape index (κ2) is 6.10. The van der Waals surface area contributed by atoms with Crippen LogP contribution in [0, 0.1) is 17.3 Å². The summed E-state index contributed by atoms with van der Waals surface area (Å²) in [6.07, 6.45) is 7.94. The second-order valence-corrected chi connectivity index (χ2v) is 12.2. The van der Waals surface area contributed by atoms with Crippen LogP contribution in [0.15, 0.2) is 0 Å². The summed E-state index contributed by atoms with van der Waals surface area (Å²) in [6, 6.07) is 0. The van der Waals surface area contributed by atoms with Crippen LogP contribution in [0.25, 0.3) is 0 Å². The lowest BCUT2D eigenvalue weighted by Gasteiger charge is -2.44. The molecule has 2 nitrogen and oxygen atoms in total. The monoisotopic (exact) mass is 298 g/mol. The van der Waals surface area contributed by atoms with Crippen LogP contribution in [-0.2, 0) is 8.85 Å². The Balaban J connectivity index is 2.20. The van der Waals surface area contributed by atoms with Gasteiger partial charge in [0, 0.05) is 25.3 Å². The molecule has 2 aliphatic rings. The summed E-state index contributed by atoms with van der Waals surface area (Å²) in [5.74, 6) is 1.66.